The Labute approximate surface area is 113 Å². The van der Waals surface area contributed by atoms with Crippen molar-refractivity contribution in [1.82, 2.24) is 9.97 Å². The molecule has 0 aliphatic rings. The molecule has 0 fully saturated rings. The summed E-state index contributed by atoms with van der Waals surface area (Å²) in [5, 5.41) is 20.0. The molecule has 0 bridgehead atoms. The van der Waals surface area contributed by atoms with Crippen molar-refractivity contribution in [1.29, 1.82) is 5.26 Å². The fraction of sp³-hybridized carbons (Fsp3) is 0.0769. The highest BCUT2D eigenvalue weighted by atomic mass is 19.1. The minimum atomic E-state index is -0.694. The fourth-order valence-electron chi connectivity index (χ4n) is 1.55. The summed E-state index contributed by atoms with van der Waals surface area (Å²) < 4.78 is 13.1. The lowest BCUT2D eigenvalue weighted by Crippen LogP contribution is -2.16. The Bertz CT molecular complexity index is 697. The highest BCUT2D eigenvalue weighted by Crippen LogP contribution is 2.21. The van der Waals surface area contributed by atoms with Crippen LogP contribution in [0.1, 0.15) is 5.69 Å². The Morgan fingerprint density at radius 2 is 2.25 bits per heavy atom. The maximum Gasteiger partial charge on any atom is 0.250 e. The molecule has 2 rings (SSSR count). The van der Waals surface area contributed by atoms with Crippen LogP contribution < -0.4 is 5.32 Å². The second-order valence-electron chi connectivity index (χ2n) is 3.80. The van der Waals surface area contributed by atoms with Gasteiger partial charge in [0.2, 0.25) is 5.91 Å². The predicted octanol–water partition coefficient (Wildman–Crippen LogP) is 1.09. The number of amides is 1. The largest absolute Gasteiger partial charge is 0.387 e. The first kappa shape index (κ1) is 13.6. The van der Waals surface area contributed by atoms with E-state index >= 15 is 0 Å². The molecule has 0 radical (unpaired) electrons. The Hall–Kier alpha value is -2.85. The summed E-state index contributed by atoms with van der Waals surface area (Å²) in [6, 6.07) is 6.04. The molecule has 100 valence electrons. The number of hydrogen-bond acceptors (Lipinski definition) is 5. The van der Waals surface area contributed by atoms with Crippen LogP contribution in [0.15, 0.2) is 30.6 Å². The topological polar surface area (TPSA) is 98.9 Å². The van der Waals surface area contributed by atoms with Gasteiger partial charge in [-0.2, -0.15) is 5.26 Å². The lowest BCUT2D eigenvalue weighted by Gasteiger charge is -2.07. The maximum absolute atomic E-state index is 13.1. The number of nitriles is 1. The van der Waals surface area contributed by atoms with E-state index in [1.165, 1.54) is 24.4 Å². The lowest BCUT2D eigenvalue weighted by atomic mass is 10.1. The molecular weight excluding hydrogens is 263 g/mol. The number of carbonyl (C=O) groups is 1. The van der Waals surface area contributed by atoms with Crippen LogP contribution in [0.25, 0.3) is 11.3 Å². The van der Waals surface area contributed by atoms with Gasteiger partial charge >= 0.3 is 0 Å². The Kier molecular flexibility index (Phi) is 3.98. The first-order chi connectivity index (χ1) is 9.63. The quantitative estimate of drug-likeness (QED) is 0.871. The van der Waals surface area contributed by atoms with E-state index in [0.29, 0.717) is 11.3 Å². The van der Waals surface area contributed by atoms with Crippen molar-refractivity contribution < 1.29 is 14.3 Å². The van der Waals surface area contributed by atoms with Crippen molar-refractivity contribution in [3.8, 4) is 17.3 Å². The maximum atomic E-state index is 13.1. The van der Waals surface area contributed by atoms with Crippen molar-refractivity contribution in [2.24, 2.45) is 0 Å². The number of rotatable bonds is 3. The van der Waals surface area contributed by atoms with Crippen LogP contribution in [0.2, 0.25) is 0 Å². The third-order valence-corrected chi connectivity index (χ3v) is 2.42. The molecule has 2 aromatic rings. The fourth-order valence-corrected chi connectivity index (χ4v) is 1.55. The van der Waals surface area contributed by atoms with Gasteiger partial charge in [-0.3, -0.25) is 9.78 Å². The second kappa shape index (κ2) is 5.86. The molecule has 2 N–H and O–H groups in total. The number of hydrogen-bond donors (Lipinski definition) is 2. The van der Waals surface area contributed by atoms with E-state index in [1.54, 1.807) is 0 Å². The molecule has 6 nitrogen and oxygen atoms in total. The number of aliphatic hydroxyl groups excluding tert-OH is 1. The molecule has 20 heavy (non-hydrogen) atoms. The molecule has 7 heteroatoms. The molecule has 0 aliphatic heterocycles. The summed E-state index contributed by atoms with van der Waals surface area (Å²) in [7, 11) is 0. The SMILES string of the molecule is N#Cc1nc(-c2cncc(F)c2)ccc1NC(=O)CO. The van der Waals surface area contributed by atoms with Crippen molar-refractivity contribution in [2.45, 2.75) is 0 Å². The molecule has 1 amide bonds. The van der Waals surface area contributed by atoms with Crippen molar-refractivity contribution >= 4 is 11.6 Å². The second-order valence-corrected chi connectivity index (χ2v) is 3.80. The minimum absolute atomic E-state index is 0.0337. The van der Waals surface area contributed by atoms with Gasteiger partial charge < -0.3 is 10.4 Å². The molecule has 0 aliphatic carbocycles. The number of nitrogens with zero attached hydrogens (tertiary/aromatic N) is 3. The number of anilines is 1. The molecular formula is C13H9FN4O2. The first-order valence-electron chi connectivity index (χ1n) is 5.57. The highest BCUT2D eigenvalue weighted by Gasteiger charge is 2.10. The van der Waals surface area contributed by atoms with Gasteiger partial charge in [0.15, 0.2) is 5.69 Å². The predicted molar refractivity (Wildman–Crippen MR) is 67.9 cm³/mol. The molecule has 0 saturated carbocycles. The summed E-state index contributed by atoms with van der Waals surface area (Å²) in [4.78, 5) is 18.8. The first-order valence-corrected chi connectivity index (χ1v) is 5.57. The average Bonchev–Trinajstić information content (AvgIpc) is 2.47. The number of pyridine rings is 2. The summed E-state index contributed by atoms with van der Waals surface area (Å²) in [5.41, 5.74) is 0.922. The van der Waals surface area contributed by atoms with Crippen molar-refractivity contribution in [3.05, 3.63) is 42.1 Å². The molecule has 0 atom stereocenters. The van der Waals surface area contributed by atoms with Gasteiger partial charge in [0.05, 0.1) is 17.6 Å². The molecule has 0 spiro atoms. The Morgan fingerprint density at radius 1 is 1.45 bits per heavy atom. The zero-order valence-corrected chi connectivity index (χ0v) is 10.2. The van der Waals surface area contributed by atoms with E-state index in [0.717, 1.165) is 6.20 Å². The van der Waals surface area contributed by atoms with Crippen LogP contribution in [-0.2, 0) is 4.79 Å². The molecule has 0 aromatic carbocycles. The van der Waals surface area contributed by atoms with Crippen LogP contribution in [0.3, 0.4) is 0 Å². The average molecular weight is 272 g/mol. The molecule has 0 unspecified atom stereocenters. The van der Waals surface area contributed by atoms with Gasteiger partial charge in [0, 0.05) is 11.8 Å². The van der Waals surface area contributed by atoms with Crippen molar-refractivity contribution in [2.75, 3.05) is 11.9 Å². The van der Waals surface area contributed by atoms with Crippen LogP contribution in [0.5, 0.6) is 0 Å². The van der Waals surface area contributed by atoms with E-state index in [1.807, 2.05) is 6.07 Å². The number of aromatic nitrogens is 2. The summed E-state index contributed by atoms with van der Waals surface area (Å²) >= 11 is 0. The standard InChI is InChI=1S/C13H9FN4O2/c14-9-3-8(5-16-6-9)10-1-2-11(12(4-15)17-10)18-13(20)7-19/h1-3,5-6,19H,7H2,(H,18,20). The van der Waals surface area contributed by atoms with Crippen LogP contribution in [-0.4, -0.2) is 27.6 Å². The van der Waals surface area contributed by atoms with Crippen LogP contribution >= 0.6 is 0 Å². The van der Waals surface area contributed by atoms with Gasteiger partial charge in [-0.15, -0.1) is 0 Å². The third kappa shape index (κ3) is 2.93. The number of nitrogens with one attached hydrogen (secondary N) is 1. The van der Waals surface area contributed by atoms with E-state index in [9.17, 15) is 9.18 Å². The normalized spacial score (nSPS) is 9.85. The zero-order valence-electron chi connectivity index (χ0n) is 10.2. The van der Waals surface area contributed by atoms with E-state index in [4.69, 9.17) is 10.4 Å². The lowest BCUT2D eigenvalue weighted by molar-refractivity contribution is -0.118. The third-order valence-electron chi connectivity index (χ3n) is 2.42. The van der Waals surface area contributed by atoms with Gasteiger partial charge in [0.25, 0.3) is 0 Å². The monoisotopic (exact) mass is 272 g/mol. The van der Waals surface area contributed by atoms with Crippen LogP contribution in [0.4, 0.5) is 10.1 Å². The van der Waals surface area contributed by atoms with Gasteiger partial charge in [-0.1, -0.05) is 0 Å². The number of carbonyl (C=O) groups excluding carboxylic acids is 1. The number of aliphatic hydroxyl groups is 1. The van der Waals surface area contributed by atoms with E-state index < -0.39 is 18.3 Å². The molecule has 2 heterocycles. The van der Waals surface area contributed by atoms with E-state index in [2.05, 4.69) is 15.3 Å². The highest BCUT2D eigenvalue weighted by molar-refractivity contribution is 5.92. The van der Waals surface area contributed by atoms with Gasteiger partial charge in [-0.05, 0) is 18.2 Å². The summed E-state index contributed by atoms with van der Waals surface area (Å²) in [6.45, 7) is -0.694. The number of halogens is 1. The summed E-state index contributed by atoms with van der Waals surface area (Å²) in [5.74, 6) is -1.16. The van der Waals surface area contributed by atoms with Crippen LogP contribution in [0, 0.1) is 17.1 Å². The molecule has 2 aromatic heterocycles. The summed E-state index contributed by atoms with van der Waals surface area (Å²) in [6.07, 6.45) is 2.48. The van der Waals surface area contributed by atoms with Gasteiger partial charge in [0.1, 0.15) is 18.5 Å². The molecule has 0 saturated heterocycles. The van der Waals surface area contributed by atoms with Gasteiger partial charge in [-0.25, -0.2) is 9.37 Å². The smallest absolute Gasteiger partial charge is 0.250 e. The Morgan fingerprint density at radius 3 is 2.90 bits per heavy atom. The minimum Gasteiger partial charge on any atom is -0.387 e. The zero-order chi connectivity index (χ0) is 14.5. The van der Waals surface area contributed by atoms with E-state index in [-0.39, 0.29) is 11.4 Å². The Balaban J connectivity index is 2.39. The van der Waals surface area contributed by atoms with Crippen molar-refractivity contribution in [3.63, 3.8) is 0 Å².